The smallest absolute Gasteiger partial charge is 0.178 e. The van der Waals surface area contributed by atoms with E-state index >= 15 is 0 Å². The molecule has 22 heavy (non-hydrogen) atoms. The van der Waals surface area contributed by atoms with Gasteiger partial charge in [-0.15, -0.1) is 0 Å². The Labute approximate surface area is 129 Å². The van der Waals surface area contributed by atoms with Crippen molar-refractivity contribution in [2.75, 3.05) is 6.61 Å². The molecule has 0 atom stereocenters. The number of hydrogen-bond acceptors (Lipinski definition) is 3. The molecule has 3 rings (SSSR count). The van der Waals surface area contributed by atoms with Crippen LogP contribution < -0.4 is 4.74 Å². The second-order valence-electron chi connectivity index (χ2n) is 5.09. The molecule has 0 unspecified atom stereocenters. The molecule has 0 bridgehead atoms. The van der Waals surface area contributed by atoms with E-state index in [0.29, 0.717) is 12.3 Å². The lowest BCUT2D eigenvalue weighted by atomic mass is 10.0. The molecular formula is C19H17NO2. The number of Topliss-reactive ketones (excluding diaryl/α,β-unsaturated/α-hetero) is 1. The van der Waals surface area contributed by atoms with E-state index in [9.17, 15) is 4.79 Å². The lowest BCUT2D eigenvalue weighted by Crippen LogP contribution is -2.00. The van der Waals surface area contributed by atoms with E-state index in [-0.39, 0.29) is 5.78 Å². The molecule has 110 valence electrons. The molecular weight excluding hydrogens is 274 g/mol. The first-order chi connectivity index (χ1) is 10.7. The maximum atomic E-state index is 11.9. The van der Waals surface area contributed by atoms with Crippen molar-refractivity contribution in [1.29, 1.82) is 0 Å². The Bertz CT molecular complexity index is 822. The molecule has 0 N–H and O–H groups in total. The van der Waals surface area contributed by atoms with Crippen molar-refractivity contribution in [1.82, 2.24) is 4.98 Å². The molecule has 0 fully saturated rings. The second-order valence-corrected chi connectivity index (χ2v) is 5.09. The Balaban J connectivity index is 2.12. The summed E-state index contributed by atoms with van der Waals surface area (Å²) in [7, 11) is 0. The second kappa shape index (κ2) is 5.98. The summed E-state index contributed by atoms with van der Waals surface area (Å²) in [5.74, 6) is 0.808. The fourth-order valence-electron chi connectivity index (χ4n) is 2.50. The molecule has 3 aromatic rings. The third kappa shape index (κ3) is 2.70. The molecule has 0 aliphatic carbocycles. The first kappa shape index (κ1) is 14.3. The van der Waals surface area contributed by atoms with Crippen LogP contribution in [0.1, 0.15) is 24.3 Å². The summed E-state index contributed by atoms with van der Waals surface area (Å²) in [6, 6.07) is 17.6. The molecule has 1 aromatic heterocycles. The highest BCUT2D eigenvalue weighted by Gasteiger charge is 2.11. The van der Waals surface area contributed by atoms with Gasteiger partial charge in [-0.1, -0.05) is 24.3 Å². The SMILES string of the molecule is CCOc1ccc(-c2cc3ccccc3c(C(C)=O)n2)cc1. The predicted octanol–water partition coefficient (Wildman–Crippen LogP) is 4.50. The van der Waals surface area contributed by atoms with Crippen LogP contribution in [0, 0.1) is 0 Å². The molecule has 3 nitrogen and oxygen atoms in total. The van der Waals surface area contributed by atoms with E-state index in [1.165, 1.54) is 0 Å². The quantitative estimate of drug-likeness (QED) is 0.664. The van der Waals surface area contributed by atoms with Gasteiger partial charge in [0.15, 0.2) is 5.78 Å². The first-order valence-corrected chi connectivity index (χ1v) is 7.33. The van der Waals surface area contributed by atoms with Crippen molar-refractivity contribution in [3.8, 4) is 17.0 Å². The van der Waals surface area contributed by atoms with E-state index in [4.69, 9.17) is 4.74 Å². The van der Waals surface area contributed by atoms with Crippen LogP contribution in [-0.4, -0.2) is 17.4 Å². The van der Waals surface area contributed by atoms with Gasteiger partial charge in [-0.25, -0.2) is 4.98 Å². The maximum absolute atomic E-state index is 11.9. The number of rotatable bonds is 4. The summed E-state index contributed by atoms with van der Waals surface area (Å²) in [6.07, 6.45) is 0. The standard InChI is InChI=1S/C19H17NO2/c1-3-22-16-10-8-14(9-11-16)18-12-15-6-4-5-7-17(15)19(20-18)13(2)21/h4-12H,3H2,1-2H3. The number of ether oxygens (including phenoxy) is 1. The van der Waals surface area contributed by atoms with Crippen molar-refractivity contribution in [2.24, 2.45) is 0 Å². The molecule has 0 saturated heterocycles. The van der Waals surface area contributed by atoms with Crippen LogP contribution in [0.3, 0.4) is 0 Å². The minimum atomic E-state index is -0.0241. The summed E-state index contributed by atoms with van der Waals surface area (Å²) < 4.78 is 5.45. The zero-order valence-corrected chi connectivity index (χ0v) is 12.7. The molecule has 3 heteroatoms. The Hall–Kier alpha value is -2.68. The largest absolute Gasteiger partial charge is 0.494 e. The third-order valence-corrected chi connectivity index (χ3v) is 3.53. The number of benzene rings is 2. The minimum Gasteiger partial charge on any atom is -0.494 e. The van der Waals surface area contributed by atoms with Crippen molar-refractivity contribution < 1.29 is 9.53 Å². The van der Waals surface area contributed by atoms with Crippen LogP contribution in [0.15, 0.2) is 54.6 Å². The van der Waals surface area contributed by atoms with Gasteiger partial charge in [0.1, 0.15) is 11.4 Å². The molecule has 0 saturated carbocycles. The van der Waals surface area contributed by atoms with Crippen LogP contribution in [0.5, 0.6) is 5.75 Å². The van der Waals surface area contributed by atoms with Gasteiger partial charge in [0, 0.05) is 17.9 Å². The Morgan fingerprint density at radius 3 is 2.50 bits per heavy atom. The number of carbonyl (C=O) groups is 1. The first-order valence-electron chi connectivity index (χ1n) is 7.33. The summed E-state index contributed by atoms with van der Waals surface area (Å²) in [4.78, 5) is 16.5. The van der Waals surface area contributed by atoms with Crippen molar-refractivity contribution in [3.05, 3.63) is 60.3 Å². The Morgan fingerprint density at radius 1 is 1.09 bits per heavy atom. The lowest BCUT2D eigenvalue weighted by molar-refractivity contribution is 0.101. The molecule has 0 radical (unpaired) electrons. The van der Waals surface area contributed by atoms with Gasteiger partial charge >= 0.3 is 0 Å². The Kier molecular flexibility index (Phi) is 3.88. The van der Waals surface area contributed by atoms with Gasteiger partial charge < -0.3 is 4.74 Å². The zero-order chi connectivity index (χ0) is 15.5. The highest BCUT2D eigenvalue weighted by molar-refractivity contribution is 6.06. The average Bonchev–Trinajstić information content (AvgIpc) is 2.54. The number of nitrogens with zero attached hydrogens (tertiary/aromatic N) is 1. The van der Waals surface area contributed by atoms with Gasteiger partial charge in [0.05, 0.1) is 12.3 Å². The van der Waals surface area contributed by atoms with Crippen LogP contribution in [0.2, 0.25) is 0 Å². The number of ketones is 1. The molecule has 0 amide bonds. The molecule has 0 aliphatic rings. The maximum Gasteiger partial charge on any atom is 0.178 e. The average molecular weight is 291 g/mol. The van der Waals surface area contributed by atoms with Crippen molar-refractivity contribution in [3.63, 3.8) is 0 Å². The number of aromatic nitrogens is 1. The lowest BCUT2D eigenvalue weighted by Gasteiger charge is -2.08. The van der Waals surface area contributed by atoms with Crippen LogP contribution in [0.25, 0.3) is 22.0 Å². The topological polar surface area (TPSA) is 39.2 Å². The highest BCUT2D eigenvalue weighted by atomic mass is 16.5. The molecule has 0 aliphatic heterocycles. The van der Waals surface area contributed by atoms with Crippen LogP contribution >= 0.6 is 0 Å². The van der Waals surface area contributed by atoms with Gasteiger partial charge in [0.25, 0.3) is 0 Å². The monoisotopic (exact) mass is 291 g/mol. The predicted molar refractivity (Wildman–Crippen MR) is 88.4 cm³/mol. The number of pyridine rings is 1. The summed E-state index contributed by atoms with van der Waals surface area (Å²) in [5.41, 5.74) is 2.28. The van der Waals surface area contributed by atoms with Gasteiger partial charge in [-0.05, 0) is 42.6 Å². The van der Waals surface area contributed by atoms with E-state index in [1.807, 2.05) is 61.5 Å². The van der Waals surface area contributed by atoms with E-state index in [0.717, 1.165) is 27.8 Å². The van der Waals surface area contributed by atoms with Gasteiger partial charge in [0.2, 0.25) is 0 Å². The molecule has 1 heterocycles. The molecule has 0 spiro atoms. The van der Waals surface area contributed by atoms with Gasteiger partial charge in [-0.3, -0.25) is 4.79 Å². The number of fused-ring (bicyclic) bond motifs is 1. The summed E-state index contributed by atoms with van der Waals surface area (Å²) in [5, 5.41) is 1.91. The van der Waals surface area contributed by atoms with Gasteiger partial charge in [-0.2, -0.15) is 0 Å². The van der Waals surface area contributed by atoms with Crippen molar-refractivity contribution >= 4 is 16.6 Å². The van der Waals surface area contributed by atoms with E-state index in [2.05, 4.69) is 4.98 Å². The van der Waals surface area contributed by atoms with E-state index in [1.54, 1.807) is 6.92 Å². The highest BCUT2D eigenvalue weighted by Crippen LogP contribution is 2.26. The third-order valence-electron chi connectivity index (χ3n) is 3.53. The van der Waals surface area contributed by atoms with Crippen LogP contribution in [0.4, 0.5) is 0 Å². The Morgan fingerprint density at radius 2 is 1.82 bits per heavy atom. The summed E-state index contributed by atoms with van der Waals surface area (Å²) in [6.45, 7) is 4.15. The normalized spacial score (nSPS) is 10.6. The summed E-state index contributed by atoms with van der Waals surface area (Å²) >= 11 is 0. The van der Waals surface area contributed by atoms with E-state index < -0.39 is 0 Å². The fourth-order valence-corrected chi connectivity index (χ4v) is 2.50. The van der Waals surface area contributed by atoms with Crippen molar-refractivity contribution in [2.45, 2.75) is 13.8 Å². The fraction of sp³-hybridized carbons (Fsp3) is 0.158. The molecule has 2 aromatic carbocycles. The van der Waals surface area contributed by atoms with Crippen LogP contribution in [-0.2, 0) is 0 Å². The minimum absolute atomic E-state index is 0.0241. The number of hydrogen-bond donors (Lipinski definition) is 0. The number of carbonyl (C=O) groups excluding carboxylic acids is 1. The zero-order valence-electron chi connectivity index (χ0n) is 12.7.